The summed E-state index contributed by atoms with van der Waals surface area (Å²) >= 11 is 1.24. The zero-order valence-corrected chi connectivity index (χ0v) is 12.3. The fourth-order valence-corrected chi connectivity index (χ4v) is 2.03. The highest BCUT2D eigenvalue weighted by molar-refractivity contribution is 8.13. The highest BCUT2D eigenvalue weighted by Gasteiger charge is 2.05. The average molecular weight is 292 g/mol. The van der Waals surface area contributed by atoms with Gasteiger partial charge in [-0.25, -0.2) is 0 Å². The number of hydrogen-bond donors (Lipinski definition) is 1. The third-order valence-corrected chi connectivity index (χ3v) is 3.19. The first-order chi connectivity index (χ1) is 9.52. The molecule has 0 spiro atoms. The first-order valence-corrected chi connectivity index (χ1v) is 7.02. The fourth-order valence-electron chi connectivity index (χ4n) is 1.54. The van der Waals surface area contributed by atoms with E-state index in [-0.39, 0.29) is 11.5 Å². The molecule has 0 aliphatic heterocycles. The monoisotopic (exact) mass is 292 g/mol. The lowest BCUT2D eigenvalue weighted by Crippen LogP contribution is -2.00. The van der Waals surface area contributed by atoms with Gasteiger partial charge in [0.25, 0.3) is 0 Å². The van der Waals surface area contributed by atoms with E-state index >= 15 is 0 Å². The molecule has 1 aromatic rings. The van der Waals surface area contributed by atoms with Crippen molar-refractivity contribution in [2.75, 3.05) is 12.9 Å². The van der Waals surface area contributed by atoms with Crippen LogP contribution in [0.3, 0.4) is 0 Å². The van der Waals surface area contributed by atoms with Crippen LogP contribution in [0.5, 0.6) is 5.75 Å². The molecule has 5 heteroatoms. The number of aliphatic carboxylic acids is 1. The number of benzene rings is 1. The van der Waals surface area contributed by atoms with Gasteiger partial charge in [0.1, 0.15) is 5.75 Å². The van der Waals surface area contributed by atoms with Gasteiger partial charge < -0.3 is 9.84 Å². The van der Waals surface area contributed by atoms with Crippen LogP contribution < -0.4 is 4.74 Å². The molecule has 0 atom stereocenters. The summed E-state index contributed by atoms with van der Waals surface area (Å²) in [6, 6.07) is 5.15. The second kappa shape index (κ2) is 8.28. The molecule has 106 valence electrons. The van der Waals surface area contributed by atoms with E-state index in [2.05, 4.69) is 11.8 Å². The van der Waals surface area contributed by atoms with E-state index in [0.29, 0.717) is 29.1 Å². The number of carbonyl (C=O) groups is 2. The zero-order chi connectivity index (χ0) is 15.0. The van der Waals surface area contributed by atoms with Gasteiger partial charge in [0, 0.05) is 19.1 Å². The van der Waals surface area contributed by atoms with Crippen LogP contribution in [0.25, 0.3) is 0 Å². The summed E-state index contributed by atoms with van der Waals surface area (Å²) in [5.74, 6) is 6.31. The molecule has 0 unspecified atom stereocenters. The van der Waals surface area contributed by atoms with Crippen molar-refractivity contribution in [3.05, 3.63) is 29.3 Å². The Labute approximate surface area is 122 Å². The molecule has 0 aromatic heterocycles. The molecule has 0 aliphatic rings. The van der Waals surface area contributed by atoms with Crippen molar-refractivity contribution in [1.82, 2.24) is 0 Å². The second-order valence-corrected chi connectivity index (χ2v) is 5.27. The van der Waals surface area contributed by atoms with E-state index in [0.717, 1.165) is 0 Å². The van der Waals surface area contributed by atoms with Crippen LogP contribution in [0.1, 0.15) is 24.5 Å². The summed E-state index contributed by atoms with van der Waals surface area (Å²) in [5, 5.41) is 8.86. The third-order valence-electron chi connectivity index (χ3n) is 2.37. The van der Waals surface area contributed by atoms with Gasteiger partial charge in [0.15, 0.2) is 5.12 Å². The summed E-state index contributed by atoms with van der Waals surface area (Å²) in [6.07, 6.45) is 0.551. The third kappa shape index (κ3) is 5.81. The highest BCUT2D eigenvalue weighted by atomic mass is 32.2. The Morgan fingerprint density at radius 3 is 2.75 bits per heavy atom. The van der Waals surface area contributed by atoms with Crippen LogP contribution >= 0.6 is 11.8 Å². The maximum atomic E-state index is 10.8. The number of thioether (sulfide) groups is 1. The topological polar surface area (TPSA) is 63.6 Å². The van der Waals surface area contributed by atoms with Gasteiger partial charge >= 0.3 is 5.97 Å². The molecule has 0 bridgehead atoms. The first-order valence-electron chi connectivity index (χ1n) is 6.04. The summed E-state index contributed by atoms with van der Waals surface area (Å²) in [4.78, 5) is 21.5. The van der Waals surface area contributed by atoms with E-state index in [9.17, 15) is 9.59 Å². The van der Waals surface area contributed by atoms with Gasteiger partial charge in [-0.3, -0.25) is 9.59 Å². The standard InChI is InChI=1S/C15H16O4S/c1-11(16)20-8-4-3-5-13-9-12(10-15(17)18)6-7-14(13)19-2/h6-7,9H,4,8,10H2,1-2H3,(H,17,18). The van der Waals surface area contributed by atoms with Crippen LogP contribution in [-0.2, 0) is 16.0 Å². The number of carboxylic acids is 1. The van der Waals surface area contributed by atoms with E-state index in [1.54, 1.807) is 25.3 Å². The van der Waals surface area contributed by atoms with Crippen LogP contribution in [0.2, 0.25) is 0 Å². The lowest BCUT2D eigenvalue weighted by atomic mass is 10.1. The zero-order valence-electron chi connectivity index (χ0n) is 11.4. The number of methoxy groups -OCH3 is 1. The molecule has 0 radical (unpaired) electrons. The van der Waals surface area contributed by atoms with E-state index in [1.807, 2.05) is 0 Å². The van der Waals surface area contributed by atoms with Crippen molar-refractivity contribution in [2.45, 2.75) is 19.8 Å². The molecular formula is C15H16O4S. The Morgan fingerprint density at radius 2 is 2.15 bits per heavy atom. The molecule has 0 saturated heterocycles. The molecule has 1 N–H and O–H groups in total. The minimum Gasteiger partial charge on any atom is -0.495 e. The molecule has 20 heavy (non-hydrogen) atoms. The maximum Gasteiger partial charge on any atom is 0.307 e. The van der Waals surface area contributed by atoms with Crippen molar-refractivity contribution in [2.24, 2.45) is 0 Å². The van der Waals surface area contributed by atoms with Crippen LogP contribution in [0.15, 0.2) is 18.2 Å². The van der Waals surface area contributed by atoms with E-state index < -0.39 is 5.97 Å². The van der Waals surface area contributed by atoms with Crippen molar-refractivity contribution in [1.29, 1.82) is 0 Å². The lowest BCUT2D eigenvalue weighted by Gasteiger charge is -2.05. The Kier molecular flexibility index (Phi) is 6.68. The first kappa shape index (κ1) is 16.1. The molecule has 0 amide bonds. The summed E-state index contributed by atoms with van der Waals surface area (Å²) in [7, 11) is 1.54. The van der Waals surface area contributed by atoms with Gasteiger partial charge in [0.2, 0.25) is 0 Å². The van der Waals surface area contributed by atoms with E-state index in [1.165, 1.54) is 18.7 Å². The van der Waals surface area contributed by atoms with Crippen molar-refractivity contribution >= 4 is 22.8 Å². The summed E-state index contributed by atoms with van der Waals surface area (Å²) in [6.45, 7) is 1.52. The number of hydrogen-bond acceptors (Lipinski definition) is 4. The number of carboxylic acid groups (broad SMARTS) is 1. The fraction of sp³-hybridized carbons (Fsp3) is 0.333. The predicted octanol–water partition coefficient (Wildman–Crippen LogP) is 2.34. The van der Waals surface area contributed by atoms with Crippen molar-refractivity contribution < 1.29 is 19.4 Å². The summed E-state index contributed by atoms with van der Waals surface area (Å²) < 4.78 is 5.19. The second-order valence-electron chi connectivity index (χ2n) is 4.00. The Bertz CT molecular complexity index is 555. The Morgan fingerprint density at radius 1 is 1.40 bits per heavy atom. The van der Waals surface area contributed by atoms with Gasteiger partial charge in [0.05, 0.1) is 19.1 Å². The van der Waals surface area contributed by atoms with Gasteiger partial charge in [-0.1, -0.05) is 29.7 Å². The van der Waals surface area contributed by atoms with Crippen LogP contribution in [0.4, 0.5) is 0 Å². The SMILES string of the molecule is COc1ccc(CC(=O)O)cc1C#CCCSC(C)=O. The average Bonchev–Trinajstić information content (AvgIpc) is 2.37. The number of carbonyl (C=O) groups excluding carboxylic acids is 1. The maximum absolute atomic E-state index is 10.8. The molecule has 0 heterocycles. The van der Waals surface area contributed by atoms with Crippen molar-refractivity contribution in [3.8, 4) is 17.6 Å². The number of ether oxygens (including phenoxy) is 1. The largest absolute Gasteiger partial charge is 0.495 e. The minimum absolute atomic E-state index is 0.0428. The van der Waals surface area contributed by atoms with Crippen molar-refractivity contribution in [3.63, 3.8) is 0 Å². The molecule has 1 aromatic carbocycles. The predicted molar refractivity (Wildman–Crippen MR) is 79.0 cm³/mol. The highest BCUT2D eigenvalue weighted by Crippen LogP contribution is 2.19. The lowest BCUT2D eigenvalue weighted by molar-refractivity contribution is -0.136. The Hall–Kier alpha value is -1.93. The van der Waals surface area contributed by atoms with Gasteiger partial charge in [-0.2, -0.15) is 0 Å². The molecule has 0 saturated carbocycles. The molecule has 1 rings (SSSR count). The van der Waals surface area contributed by atoms with Crippen LogP contribution in [-0.4, -0.2) is 29.1 Å². The van der Waals surface area contributed by atoms with E-state index in [4.69, 9.17) is 9.84 Å². The number of rotatable bonds is 5. The Balaban J connectivity index is 2.78. The molecule has 0 aliphatic carbocycles. The molecular weight excluding hydrogens is 276 g/mol. The minimum atomic E-state index is -0.882. The van der Waals surface area contributed by atoms with Gasteiger partial charge in [-0.15, -0.1) is 0 Å². The smallest absolute Gasteiger partial charge is 0.307 e. The molecule has 4 nitrogen and oxygen atoms in total. The molecule has 0 fully saturated rings. The summed E-state index contributed by atoms with van der Waals surface area (Å²) in [5.41, 5.74) is 1.35. The normalized spacial score (nSPS) is 9.50. The van der Waals surface area contributed by atoms with Gasteiger partial charge in [-0.05, 0) is 17.7 Å². The quantitative estimate of drug-likeness (QED) is 0.666. The van der Waals surface area contributed by atoms with Crippen LogP contribution in [0, 0.1) is 11.8 Å².